The maximum absolute atomic E-state index is 12.1. The summed E-state index contributed by atoms with van der Waals surface area (Å²) >= 11 is 0. The first-order valence-corrected chi connectivity index (χ1v) is 9.30. The van der Waals surface area contributed by atoms with Crippen molar-refractivity contribution < 1.29 is 14.3 Å². The molecule has 9 nitrogen and oxygen atoms in total. The van der Waals surface area contributed by atoms with Crippen LogP contribution in [0.1, 0.15) is 18.5 Å². The monoisotopic (exact) mass is 394 g/mol. The number of hydrogen-bond donors (Lipinski definition) is 2. The van der Waals surface area contributed by atoms with Gasteiger partial charge in [-0.1, -0.05) is 6.07 Å². The summed E-state index contributed by atoms with van der Waals surface area (Å²) in [6.45, 7) is 1.84. The number of nitriles is 1. The summed E-state index contributed by atoms with van der Waals surface area (Å²) in [7, 11) is 1.53. The average molecular weight is 394 g/mol. The number of benzene rings is 1. The van der Waals surface area contributed by atoms with Crippen molar-refractivity contribution >= 4 is 23.3 Å². The molecule has 2 amide bonds. The van der Waals surface area contributed by atoms with Gasteiger partial charge >= 0.3 is 11.8 Å². The Kier molecular flexibility index (Phi) is 6.58. The van der Waals surface area contributed by atoms with Crippen LogP contribution in [0.3, 0.4) is 0 Å². The summed E-state index contributed by atoms with van der Waals surface area (Å²) in [4.78, 5) is 34.5. The molecule has 29 heavy (non-hydrogen) atoms. The van der Waals surface area contributed by atoms with E-state index in [1.54, 1.807) is 30.5 Å². The van der Waals surface area contributed by atoms with E-state index >= 15 is 0 Å². The van der Waals surface area contributed by atoms with Gasteiger partial charge in [0.2, 0.25) is 0 Å². The predicted octanol–water partition coefficient (Wildman–Crippen LogP) is 1.33. The number of amides is 2. The third-order valence-corrected chi connectivity index (χ3v) is 4.78. The first kappa shape index (κ1) is 20.1. The molecule has 1 saturated heterocycles. The van der Waals surface area contributed by atoms with Crippen LogP contribution >= 0.6 is 0 Å². The number of nitrogens with one attached hydrogen (secondary N) is 2. The van der Waals surface area contributed by atoms with Gasteiger partial charge in [-0.05, 0) is 30.9 Å². The third-order valence-electron chi connectivity index (χ3n) is 4.78. The Hall–Kier alpha value is -3.67. The quantitative estimate of drug-likeness (QED) is 0.734. The van der Waals surface area contributed by atoms with Gasteiger partial charge in [-0.3, -0.25) is 9.59 Å². The Bertz CT molecular complexity index is 918. The lowest BCUT2D eigenvalue weighted by Gasteiger charge is -2.32. The smallest absolute Gasteiger partial charge is 0.313 e. The molecule has 1 aliphatic heterocycles. The van der Waals surface area contributed by atoms with Gasteiger partial charge in [0.25, 0.3) is 0 Å². The molecule has 0 bridgehead atoms. The highest BCUT2D eigenvalue weighted by molar-refractivity contribution is 6.39. The fourth-order valence-corrected chi connectivity index (χ4v) is 3.20. The van der Waals surface area contributed by atoms with E-state index < -0.39 is 11.8 Å². The van der Waals surface area contributed by atoms with Gasteiger partial charge in [-0.25, -0.2) is 9.97 Å². The van der Waals surface area contributed by atoms with Crippen molar-refractivity contribution in [1.29, 1.82) is 5.26 Å². The van der Waals surface area contributed by atoms with Gasteiger partial charge in [0.15, 0.2) is 11.5 Å². The molecule has 0 radical (unpaired) electrons. The Morgan fingerprint density at radius 2 is 2.00 bits per heavy atom. The van der Waals surface area contributed by atoms with Crippen molar-refractivity contribution in [3.63, 3.8) is 0 Å². The van der Waals surface area contributed by atoms with Gasteiger partial charge in [-0.15, -0.1) is 0 Å². The van der Waals surface area contributed by atoms with Crippen LogP contribution in [0.2, 0.25) is 0 Å². The fourth-order valence-electron chi connectivity index (χ4n) is 3.20. The van der Waals surface area contributed by atoms with E-state index in [-0.39, 0.29) is 5.92 Å². The van der Waals surface area contributed by atoms with Crippen molar-refractivity contribution in [2.45, 2.75) is 12.8 Å². The van der Waals surface area contributed by atoms with Crippen LogP contribution in [-0.2, 0) is 9.59 Å². The highest BCUT2D eigenvalue weighted by atomic mass is 16.5. The van der Waals surface area contributed by atoms with E-state index in [0.29, 0.717) is 42.6 Å². The topological polar surface area (TPSA) is 120 Å². The molecule has 0 saturated carbocycles. The zero-order valence-electron chi connectivity index (χ0n) is 16.1. The number of nitrogens with zero attached hydrogens (tertiary/aromatic N) is 4. The molecule has 2 aromatic rings. The lowest BCUT2D eigenvalue weighted by Crippen LogP contribution is -2.42. The standard InChI is InChI=1S/C20H22N6O3/c1-29-16-4-2-3-15(11-16)25-20(28)19(27)24-13-14-5-9-26(10-6-14)18-17(12-21)22-7-8-23-18/h2-4,7-8,11,14H,5-6,9-10,13H2,1H3,(H,24,27)(H,25,28). The minimum Gasteiger partial charge on any atom is -0.497 e. The molecular formula is C20H22N6O3. The van der Waals surface area contributed by atoms with Crippen molar-refractivity contribution in [3.8, 4) is 11.8 Å². The number of carbonyl (C=O) groups excluding carboxylic acids is 2. The third kappa shape index (κ3) is 5.19. The molecule has 2 heterocycles. The molecule has 2 N–H and O–H groups in total. The molecule has 1 fully saturated rings. The van der Waals surface area contributed by atoms with Crippen LogP contribution in [0.4, 0.5) is 11.5 Å². The summed E-state index contributed by atoms with van der Waals surface area (Å²) in [6, 6.07) is 8.87. The minimum absolute atomic E-state index is 0.252. The Labute approximate surface area is 168 Å². The van der Waals surface area contributed by atoms with E-state index in [0.717, 1.165) is 12.8 Å². The van der Waals surface area contributed by atoms with Crippen molar-refractivity contribution in [3.05, 3.63) is 42.4 Å². The lowest BCUT2D eigenvalue weighted by molar-refractivity contribution is -0.136. The maximum atomic E-state index is 12.1. The summed E-state index contributed by atoms with van der Waals surface area (Å²) < 4.78 is 5.10. The molecule has 0 unspecified atom stereocenters. The second-order valence-corrected chi connectivity index (χ2v) is 6.67. The van der Waals surface area contributed by atoms with E-state index in [1.165, 1.54) is 13.3 Å². The number of hydrogen-bond acceptors (Lipinski definition) is 7. The molecule has 3 rings (SSSR count). The zero-order valence-corrected chi connectivity index (χ0v) is 16.1. The first-order chi connectivity index (χ1) is 14.1. The molecule has 9 heteroatoms. The number of carbonyl (C=O) groups is 2. The van der Waals surface area contributed by atoms with Gasteiger partial charge in [0, 0.05) is 43.8 Å². The number of anilines is 2. The molecule has 0 aliphatic carbocycles. The Morgan fingerprint density at radius 1 is 1.24 bits per heavy atom. The highest BCUT2D eigenvalue weighted by Gasteiger charge is 2.23. The SMILES string of the molecule is COc1cccc(NC(=O)C(=O)NCC2CCN(c3nccnc3C#N)CC2)c1. The average Bonchev–Trinajstić information content (AvgIpc) is 2.77. The number of methoxy groups -OCH3 is 1. The number of ether oxygens (including phenoxy) is 1. The van der Waals surface area contributed by atoms with Crippen LogP contribution < -0.4 is 20.3 Å². The maximum Gasteiger partial charge on any atom is 0.313 e. The van der Waals surface area contributed by atoms with Crippen molar-refractivity contribution in [1.82, 2.24) is 15.3 Å². The van der Waals surface area contributed by atoms with E-state index in [9.17, 15) is 9.59 Å². The molecule has 1 aromatic heterocycles. The summed E-state index contributed by atoms with van der Waals surface area (Å²) in [5, 5.41) is 14.4. The lowest BCUT2D eigenvalue weighted by atomic mass is 9.96. The minimum atomic E-state index is -0.714. The zero-order chi connectivity index (χ0) is 20.6. The van der Waals surface area contributed by atoms with Crippen LogP contribution in [0.5, 0.6) is 5.75 Å². The van der Waals surface area contributed by atoms with Gasteiger partial charge in [-0.2, -0.15) is 5.26 Å². The molecule has 0 atom stereocenters. The van der Waals surface area contributed by atoms with Crippen LogP contribution in [0, 0.1) is 17.2 Å². The van der Waals surface area contributed by atoms with E-state index in [1.807, 2.05) is 4.90 Å². The largest absolute Gasteiger partial charge is 0.497 e. The predicted molar refractivity (Wildman–Crippen MR) is 106 cm³/mol. The van der Waals surface area contributed by atoms with E-state index in [4.69, 9.17) is 10.00 Å². The normalized spacial score (nSPS) is 14.0. The van der Waals surface area contributed by atoms with Gasteiger partial charge in [0.1, 0.15) is 11.8 Å². The van der Waals surface area contributed by atoms with Crippen LogP contribution in [-0.4, -0.2) is 48.5 Å². The molecule has 1 aliphatic rings. The molecule has 150 valence electrons. The number of aromatic nitrogens is 2. The van der Waals surface area contributed by atoms with Crippen molar-refractivity contribution in [2.75, 3.05) is 37.0 Å². The highest BCUT2D eigenvalue weighted by Crippen LogP contribution is 2.23. The van der Waals surface area contributed by atoms with Crippen LogP contribution in [0.25, 0.3) is 0 Å². The van der Waals surface area contributed by atoms with Crippen molar-refractivity contribution in [2.24, 2.45) is 5.92 Å². The summed E-state index contributed by atoms with van der Waals surface area (Å²) in [5.74, 6) is 0.0552. The summed E-state index contributed by atoms with van der Waals surface area (Å²) in [5.41, 5.74) is 0.809. The molecule has 0 spiro atoms. The van der Waals surface area contributed by atoms with Crippen LogP contribution in [0.15, 0.2) is 36.7 Å². The summed E-state index contributed by atoms with van der Waals surface area (Å²) in [6.07, 6.45) is 4.71. The Balaban J connectivity index is 1.45. The number of piperidine rings is 1. The second-order valence-electron chi connectivity index (χ2n) is 6.67. The number of rotatable bonds is 5. The fraction of sp³-hybridized carbons (Fsp3) is 0.350. The van der Waals surface area contributed by atoms with E-state index in [2.05, 4.69) is 26.7 Å². The van der Waals surface area contributed by atoms with Gasteiger partial charge < -0.3 is 20.3 Å². The second kappa shape index (κ2) is 9.50. The molecule has 1 aromatic carbocycles. The first-order valence-electron chi connectivity index (χ1n) is 9.30. The molecular weight excluding hydrogens is 372 g/mol. The Morgan fingerprint density at radius 3 is 2.72 bits per heavy atom. The van der Waals surface area contributed by atoms with Gasteiger partial charge in [0.05, 0.1) is 7.11 Å².